The summed E-state index contributed by atoms with van der Waals surface area (Å²) in [6.07, 6.45) is 8.07. The van der Waals surface area contributed by atoms with Gasteiger partial charge in [0.15, 0.2) is 0 Å². The molecular formula is C21H26ClN5O. The summed E-state index contributed by atoms with van der Waals surface area (Å²) in [5.74, 6) is 3.07. The van der Waals surface area contributed by atoms with Crippen LogP contribution in [0.1, 0.15) is 45.4 Å². The smallest absolute Gasteiger partial charge is 0.243 e. The van der Waals surface area contributed by atoms with E-state index in [-0.39, 0.29) is 18.5 Å². The van der Waals surface area contributed by atoms with E-state index in [1.165, 1.54) is 43.3 Å². The van der Waals surface area contributed by atoms with Crippen molar-refractivity contribution in [3.8, 4) is 11.4 Å². The Balaban J connectivity index is 1.23. The number of aromatic nitrogens is 4. The van der Waals surface area contributed by atoms with E-state index in [4.69, 9.17) is 11.6 Å². The van der Waals surface area contributed by atoms with Crippen molar-refractivity contribution >= 4 is 17.5 Å². The summed E-state index contributed by atoms with van der Waals surface area (Å²) in [7, 11) is 0. The Morgan fingerprint density at radius 1 is 1.25 bits per heavy atom. The van der Waals surface area contributed by atoms with Gasteiger partial charge >= 0.3 is 0 Å². The number of tetrazole rings is 1. The summed E-state index contributed by atoms with van der Waals surface area (Å²) in [5, 5.41) is 16.3. The van der Waals surface area contributed by atoms with Crippen LogP contribution in [0.2, 0.25) is 5.02 Å². The molecule has 4 bridgehead atoms. The Kier molecular flexibility index (Phi) is 4.42. The molecule has 0 aliphatic heterocycles. The normalized spacial score (nSPS) is 31.7. The molecular weight excluding hydrogens is 374 g/mol. The maximum absolute atomic E-state index is 12.7. The molecule has 4 aliphatic carbocycles. The van der Waals surface area contributed by atoms with E-state index in [0.717, 1.165) is 23.3 Å². The average Bonchev–Trinajstić information content (AvgIpc) is 3.09. The molecule has 1 aromatic heterocycles. The summed E-state index contributed by atoms with van der Waals surface area (Å²) in [6.45, 7) is 2.28. The van der Waals surface area contributed by atoms with Gasteiger partial charge in [0.1, 0.15) is 6.54 Å². The Morgan fingerprint density at radius 2 is 1.93 bits per heavy atom. The van der Waals surface area contributed by atoms with Crippen LogP contribution in [-0.4, -0.2) is 32.2 Å². The molecule has 28 heavy (non-hydrogen) atoms. The fourth-order valence-electron chi connectivity index (χ4n) is 6.33. The first-order valence-corrected chi connectivity index (χ1v) is 10.7. The largest absolute Gasteiger partial charge is 0.351 e. The van der Waals surface area contributed by atoms with Crippen LogP contribution in [0, 0.1) is 23.2 Å². The molecule has 1 amide bonds. The molecule has 0 saturated heterocycles. The zero-order valence-corrected chi connectivity index (χ0v) is 16.9. The highest BCUT2D eigenvalue weighted by Crippen LogP contribution is 2.61. The number of rotatable bonds is 5. The number of nitrogens with one attached hydrogen (secondary N) is 1. The lowest BCUT2D eigenvalue weighted by Gasteiger charge is -2.59. The minimum absolute atomic E-state index is 0.0433. The minimum Gasteiger partial charge on any atom is -0.351 e. The lowest BCUT2D eigenvalue weighted by Crippen LogP contribution is -2.56. The number of amides is 1. The Morgan fingerprint density at radius 3 is 2.57 bits per heavy atom. The zero-order valence-electron chi connectivity index (χ0n) is 16.1. The third-order valence-corrected chi connectivity index (χ3v) is 7.44. The number of nitrogens with zero attached hydrogens (tertiary/aromatic N) is 4. The Labute approximate surface area is 170 Å². The van der Waals surface area contributed by atoms with Crippen LogP contribution in [0.15, 0.2) is 24.3 Å². The zero-order chi connectivity index (χ0) is 19.3. The van der Waals surface area contributed by atoms with E-state index in [1.807, 2.05) is 12.1 Å². The molecule has 1 N–H and O–H groups in total. The topological polar surface area (TPSA) is 72.7 Å². The first kappa shape index (κ1) is 18.1. The van der Waals surface area contributed by atoms with E-state index in [0.29, 0.717) is 16.3 Å². The summed E-state index contributed by atoms with van der Waals surface area (Å²) >= 11 is 6.03. The second-order valence-electron chi connectivity index (χ2n) is 9.22. The van der Waals surface area contributed by atoms with Crippen LogP contribution in [0.3, 0.4) is 0 Å². The van der Waals surface area contributed by atoms with Gasteiger partial charge in [-0.25, -0.2) is 0 Å². The highest BCUT2D eigenvalue weighted by molar-refractivity contribution is 6.30. The van der Waals surface area contributed by atoms with Gasteiger partial charge in [-0.05, 0) is 86.0 Å². The molecule has 6 rings (SSSR count). The van der Waals surface area contributed by atoms with Crippen molar-refractivity contribution in [3.63, 3.8) is 0 Å². The van der Waals surface area contributed by atoms with Gasteiger partial charge < -0.3 is 5.32 Å². The molecule has 1 heterocycles. The quantitative estimate of drug-likeness (QED) is 0.831. The van der Waals surface area contributed by atoms with Gasteiger partial charge in [-0.2, -0.15) is 4.80 Å². The lowest BCUT2D eigenvalue weighted by atomic mass is 9.48. The maximum Gasteiger partial charge on any atom is 0.243 e. The van der Waals surface area contributed by atoms with Gasteiger partial charge in [0, 0.05) is 16.6 Å². The summed E-state index contributed by atoms with van der Waals surface area (Å²) in [4.78, 5) is 14.0. The van der Waals surface area contributed by atoms with Gasteiger partial charge in [0.25, 0.3) is 0 Å². The van der Waals surface area contributed by atoms with E-state index in [1.54, 1.807) is 12.1 Å². The molecule has 1 aromatic carbocycles. The van der Waals surface area contributed by atoms with E-state index < -0.39 is 0 Å². The summed E-state index contributed by atoms with van der Waals surface area (Å²) in [6, 6.07) is 7.51. The van der Waals surface area contributed by atoms with Crippen LogP contribution >= 0.6 is 11.6 Å². The molecule has 4 fully saturated rings. The predicted octanol–water partition coefficient (Wildman–Crippen LogP) is 3.71. The number of carbonyl (C=O) groups is 1. The highest BCUT2D eigenvalue weighted by Gasteiger charge is 2.53. The van der Waals surface area contributed by atoms with Gasteiger partial charge in [-0.3, -0.25) is 4.79 Å². The van der Waals surface area contributed by atoms with Crippen molar-refractivity contribution < 1.29 is 4.79 Å². The molecule has 1 atom stereocenters. The second-order valence-corrected chi connectivity index (χ2v) is 9.66. The molecule has 4 aliphatic rings. The molecule has 7 heteroatoms. The average molecular weight is 400 g/mol. The standard InChI is InChI=1S/C21H26ClN5O/c1-13(21-9-14-5-15(10-21)7-16(6-14)11-21)23-19(28)12-27-25-20(24-26-27)17-3-2-4-18(22)8-17/h2-4,8,13-16H,5-7,9-12H2,1H3,(H,23,28)/t13-,14?,15?,16?,21?/m0/s1. The predicted molar refractivity (Wildman–Crippen MR) is 106 cm³/mol. The van der Waals surface area contributed by atoms with Crippen molar-refractivity contribution in [3.05, 3.63) is 29.3 Å². The Hall–Kier alpha value is -1.95. The van der Waals surface area contributed by atoms with E-state index in [2.05, 4.69) is 27.7 Å². The van der Waals surface area contributed by atoms with Crippen molar-refractivity contribution in [2.45, 2.75) is 58.0 Å². The van der Waals surface area contributed by atoms with Crippen LogP contribution in [0.25, 0.3) is 11.4 Å². The SMILES string of the molecule is C[C@H](NC(=O)Cn1nnc(-c2cccc(Cl)c2)n1)C12CC3CC(CC(C3)C1)C2. The summed E-state index contributed by atoms with van der Waals surface area (Å²) in [5.41, 5.74) is 1.09. The third kappa shape index (κ3) is 3.32. The van der Waals surface area contributed by atoms with Crippen LogP contribution < -0.4 is 5.32 Å². The van der Waals surface area contributed by atoms with E-state index in [9.17, 15) is 4.79 Å². The van der Waals surface area contributed by atoms with Gasteiger partial charge in [-0.15, -0.1) is 10.2 Å². The number of carbonyl (C=O) groups excluding carboxylic acids is 1. The van der Waals surface area contributed by atoms with Gasteiger partial charge in [0.2, 0.25) is 11.7 Å². The Bertz CT molecular complexity index is 859. The highest BCUT2D eigenvalue weighted by atomic mass is 35.5. The van der Waals surface area contributed by atoms with E-state index >= 15 is 0 Å². The molecule has 148 valence electrons. The number of benzene rings is 1. The molecule has 0 spiro atoms. The molecule has 2 aromatic rings. The molecule has 6 nitrogen and oxygen atoms in total. The fraction of sp³-hybridized carbons (Fsp3) is 0.619. The van der Waals surface area contributed by atoms with Gasteiger partial charge in [-0.1, -0.05) is 23.7 Å². The van der Waals surface area contributed by atoms with Crippen molar-refractivity contribution in [1.29, 1.82) is 0 Å². The second kappa shape index (κ2) is 6.83. The monoisotopic (exact) mass is 399 g/mol. The number of hydrogen-bond donors (Lipinski definition) is 1. The first-order valence-electron chi connectivity index (χ1n) is 10.3. The third-order valence-electron chi connectivity index (χ3n) is 7.20. The minimum atomic E-state index is -0.0433. The van der Waals surface area contributed by atoms with Gasteiger partial charge in [0.05, 0.1) is 0 Å². The lowest BCUT2D eigenvalue weighted by molar-refractivity contribution is -0.126. The fourth-order valence-corrected chi connectivity index (χ4v) is 6.52. The first-order chi connectivity index (χ1) is 13.5. The molecule has 0 unspecified atom stereocenters. The number of hydrogen-bond acceptors (Lipinski definition) is 4. The summed E-state index contributed by atoms with van der Waals surface area (Å²) < 4.78 is 0. The van der Waals surface area contributed by atoms with Crippen molar-refractivity contribution in [1.82, 2.24) is 25.5 Å². The van der Waals surface area contributed by atoms with Crippen LogP contribution in [0.5, 0.6) is 0 Å². The number of halogens is 1. The van der Waals surface area contributed by atoms with Crippen molar-refractivity contribution in [2.24, 2.45) is 23.2 Å². The maximum atomic E-state index is 12.7. The van der Waals surface area contributed by atoms with Crippen molar-refractivity contribution in [2.75, 3.05) is 0 Å². The molecule has 4 saturated carbocycles. The van der Waals surface area contributed by atoms with Crippen LogP contribution in [-0.2, 0) is 11.3 Å². The van der Waals surface area contributed by atoms with Crippen LogP contribution in [0.4, 0.5) is 0 Å². The molecule has 0 radical (unpaired) electrons.